The summed E-state index contributed by atoms with van der Waals surface area (Å²) in [6, 6.07) is 5.12. The lowest BCUT2D eigenvalue weighted by Gasteiger charge is -2.20. The molecule has 1 aromatic rings. The van der Waals surface area contributed by atoms with Crippen molar-refractivity contribution >= 4 is 71.0 Å². The Morgan fingerprint density at radius 2 is 0.872 bits per heavy atom. The number of hydrogen-bond donors (Lipinski definition) is 9. The molecule has 0 bridgehead atoms. The fraction of sp³-hybridized carbons (Fsp3) is 0.755. The van der Waals surface area contributed by atoms with E-state index in [1.807, 2.05) is 23.5 Å². The summed E-state index contributed by atoms with van der Waals surface area (Å²) in [6.07, 6.45) is 8.29. The smallest absolute Gasteiger partial charge is 0.412 e. The molecule has 9 amide bonds. The first kappa shape index (κ1) is 64.2. The van der Waals surface area contributed by atoms with Gasteiger partial charge < -0.3 is 75.7 Å². The second kappa shape index (κ2) is 36.6. The molecule has 0 saturated carbocycles. The Bertz CT molecular complexity index is 1900. The topological polar surface area (TPSA) is 292 Å². The van der Waals surface area contributed by atoms with Gasteiger partial charge >= 0.3 is 18.2 Å². The van der Waals surface area contributed by atoms with Crippen molar-refractivity contribution in [3.05, 3.63) is 29.3 Å². The number of hydrogen-bond acceptors (Lipinski definition) is 16. The summed E-state index contributed by atoms with van der Waals surface area (Å²) in [4.78, 5) is 86.5. The van der Waals surface area contributed by atoms with Gasteiger partial charge in [-0.15, -0.1) is 0 Å². The Kier molecular flexibility index (Phi) is 30.1. The van der Waals surface area contributed by atoms with Gasteiger partial charge in [-0.2, -0.15) is 23.5 Å². The van der Waals surface area contributed by atoms with E-state index in [4.69, 9.17) is 33.2 Å². The number of carbonyl (C=O) groups excluding carboxylic acids is 7. The van der Waals surface area contributed by atoms with Crippen LogP contribution in [0.2, 0.25) is 0 Å². The van der Waals surface area contributed by atoms with E-state index in [-0.39, 0.29) is 64.9 Å². The fourth-order valence-electron chi connectivity index (χ4n) is 8.95. The van der Waals surface area contributed by atoms with E-state index >= 15 is 0 Å². The molecule has 4 fully saturated rings. The number of ether oxygens (including phenoxy) is 7. The average Bonchev–Trinajstić information content (AvgIpc) is 4.17. The second-order valence-electron chi connectivity index (χ2n) is 20.5. The highest BCUT2D eigenvalue weighted by Crippen LogP contribution is 2.34. The predicted molar refractivity (Wildman–Crippen MR) is 298 cm³/mol. The molecule has 0 radical (unpaired) electrons. The van der Waals surface area contributed by atoms with Crippen LogP contribution in [0.15, 0.2) is 18.2 Å². The van der Waals surface area contributed by atoms with Gasteiger partial charge in [0, 0.05) is 104 Å². The van der Waals surface area contributed by atoms with Crippen LogP contribution in [-0.2, 0) is 42.7 Å². The standard InChI is InChI=1S/C53H87N9O14S2/c1-53(2,3)76-52(69)58-39-33-37(48(65)56-18-10-22-72-26-30-74-28-24-70-20-8-16-54-44(63)14-6-4-12-42-46-40(35-77-42)59-50(67)61-46)32-38(34-39)49(66)57-19-11-23-73-27-31-75-29-25-71-21-9-17-55-45(64)15-7-5-13-43-47-41(36-78-43)60-51(68)62-47/h32-34,40-43,46-47H,4-31,35-36H2,1-3H3,(H,54,63)(H,55,64)(H,56,65)(H,57,66)(H,58,69)(H2,59,61,67)(H2,60,62,68). The molecule has 0 aromatic heterocycles. The van der Waals surface area contributed by atoms with Crippen molar-refractivity contribution < 1.29 is 66.7 Å². The fourth-order valence-corrected chi connectivity index (χ4v) is 12.0. The van der Waals surface area contributed by atoms with E-state index < -0.39 is 23.5 Å². The van der Waals surface area contributed by atoms with Crippen LogP contribution in [-0.4, -0.2) is 199 Å². The van der Waals surface area contributed by atoms with Gasteiger partial charge in [0.05, 0.1) is 77.0 Å². The zero-order valence-corrected chi connectivity index (χ0v) is 47.6. The third-order valence-corrected chi connectivity index (χ3v) is 15.8. The zero-order chi connectivity index (χ0) is 55.8. The largest absolute Gasteiger partial charge is 0.444 e. The van der Waals surface area contributed by atoms with Crippen LogP contribution in [0.4, 0.5) is 20.1 Å². The Hall–Kier alpha value is -4.63. The number of fused-ring (bicyclic) bond motifs is 2. The van der Waals surface area contributed by atoms with Gasteiger partial charge in [-0.1, -0.05) is 12.8 Å². The Morgan fingerprint density at radius 3 is 1.26 bits per heavy atom. The summed E-state index contributed by atoms with van der Waals surface area (Å²) >= 11 is 3.78. The second-order valence-corrected chi connectivity index (χ2v) is 23.0. The molecular weight excluding hydrogens is 1050 g/mol. The van der Waals surface area contributed by atoms with Gasteiger partial charge in [0.1, 0.15) is 5.60 Å². The van der Waals surface area contributed by atoms with E-state index in [0.29, 0.717) is 154 Å². The van der Waals surface area contributed by atoms with Crippen molar-refractivity contribution in [3.63, 3.8) is 0 Å². The quantitative estimate of drug-likeness (QED) is 0.0333. The highest BCUT2D eigenvalue weighted by Gasteiger charge is 2.43. The number of amides is 9. The summed E-state index contributed by atoms with van der Waals surface area (Å²) in [5, 5.41) is 26.9. The summed E-state index contributed by atoms with van der Waals surface area (Å²) in [7, 11) is 0. The minimum Gasteiger partial charge on any atom is -0.444 e. The van der Waals surface area contributed by atoms with Crippen molar-refractivity contribution in [2.24, 2.45) is 0 Å². The molecular formula is C53H87N9O14S2. The van der Waals surface area contributed by atoms with Crippen LogP contribution in [0.25, 0.3) is 0 Å². The van der Waals surface area contributed by atoms with E-state index in [2.05, 4.69) is 47.9 Å². The van der Waals surface area contributed by atoms with Crippen molar-refractivity contribution in [3.8, 4) is 0 Å². The van der Waals surface area contributed by atoms with Crippen molar-refractivity contribution in [1.82, 2.24) is 42.5 Å². The molecule has 23 nitrogen and oxygen atoms in total. The van der Waals surface area contributed by atoms with Crippen LogP contribution in [0.3, 0.4) is 0 Å². The molecule has 4 saturated heterocycles. The molecule has 6 unspecified atom stereocenters. The Morgan fingerprint density at radius 1 is 0.500 bits per heavy atom. The van der Waals surface area contributed by atoms with Gasteiger partial charge in [0.25, 0.3) is 11.8 Å². The number of anilines is 1. The number of urea groups is 2. The molecule has 4 aliphatic heterocycles. The van der Waals surface area contributed by atoms with Gasteiger partial charge in [0.2, 0.25) is 11.8 Å². The van der Waals surface area contributed by atoms with E-state index in [0.717, 1.165) is 50.0 Å². The third kappa shape index (κ3) is 26.1. The van der Waals surface area contributed by atoms with E-state index in [9.17, 15) is 33.6 Å². The van der Waals surface area contributed by atoms with Crippen LogP contribution < -0.4 is 47.9 Å². The maximum Gasteiger partial charge on any atom is 0.412 e. The summed E-state index contributed by atoms with van der Waals surface area (Å²) in [5.74, 6) is 1.12. The maximum atomic E-state index is 13.2. The van der Waals surface area contributed by atoms with Crippen LogP contribution in [0.5, 0.6) is 0 Å². The molecule has 4 aliphatic rings. The molecule has 440 valence electrons. The number of nitrogens with one attached hydrogen (secondary N) is 9. The Balaban J connectivity index is 0.811. The van der Waals surface area contributed by atoms with Crippen molar-refractivity contribution in [2.75, 3.05) is 122 Å². The molecule has 25 heteroatoms. The number of rotatable bonds is 41. The molecule has 1 aromatic carbocycles. The molecule has 9 N–H and O–H groups in total. The van der Waals surface area contributed by atoms with Gasteiger partial charge in [-0.05, 0) is 90.3 Å². The number of benzene rings is 1. The first-order chi connectivity index (χ1) is 37.7. The third-order valence-electron chi connectivity index (χ3n) is 12.8. The zero-order valence-electron chi connectivity index (χ0n) is 45.9. The first-order valence-electron chi connectivity index (χ1n) is 27.8. The maximum absolute atomic E-state index is 13.2. The minimum absolute atomic E-state index is 0.0444. The lowest BCUT2D eigenvalue weighted by atomic mass is 10.0. The predicted octanol–water partition coefficient (Wildman–Crippen LogP) is 3.84. The SMILES string of the molecule is CC(C)(C)OC(=O)Nc1cc(C(=O)NCCCOCCOCCOCCCNC(=O)CCCCC2SCC3NC(=O)NC32)cc(C(=O)NCCCOCCOCCOCCCNC(=O)CCCCC2SCC3NC(=O)NC32)c1. The van der Waals surface area contributed by atoms with E-state index in [1.165, 1.54) is 18.2 Å². The molecule has 5 rings (SSSR count). The summed E-state index contributed by atoms with van der Waals surface area (Å²) < 4.78 is 39.0. The molecule has 6 atom stereocenters. The van der Waals surface area contributed by atoms with Crippen LogP contribution >= 0.6 is 23.5 Å². The van der Waals surface area contributed by atoms with Crippen LogP contribution in [0.1, 0.15) is 119 Å². The highest BCUT2D eigenvalue weighted by molar-refractivity contribution is 8.00. The van der Waals surface area contributed by atoms with E-state index in [1.54, 1.807) is 20.8 Å². The number of thioether (sulfide) groups is 2. The number of unbranched alkanes of at least 4 members (excludes halogenated alkanes) is 2. The molecule has 78 heavy (non-hydrogen) atoms. The monoisotopic (exact) mass is 1140 g/mol. The average molecular weight is 1140 g/mol. The summed E-state index contributed by atoms with van der Waals surface area (Å²) in [5.41, 5.74) is -0.167. The Labute approximate surface area is 468 Å². The van der Waals surface area contributed by atoms with Gasteiger partial charge in [0.15, 0.2) is 0 Å². The van der Waals surface area contributed by atoms with Crippen molar-refractivity contribution in [1.29, 1.82) is 0 Å². The van der Waals surface area contributed by atoms with Crippen molar-refractivity contribution in [2.45, 2.75) is 138 Å². The van der Waals surface area contributed by atoms with Crippen LogP contribution in [0, 0.1) is 0 Å². The highest BCUT2D eigenvalue weighted by atomic mass is 32.2. The molecule has 0 spiro atoms. The summed E-state index contributed by atoms with van der Waals surface area (Å²) in [6.45, 7) is 12.0. The van der Waals surface area contributed by atoms with Gasteiger partial charge in [-0.25, -0.2) is 14.4 Å². The normalized spacial score (nSPS) is 20.2. The van der Waals surface area contributed by atoms with Gasteiger partial charge in [-0.3, -0.25) is 24.5 Å². The molecule has 0 aliphatic carbocycles. The first-order valence-corrected chi connectivity index (χ1v) is 29.9. The number of carbonyl (C=O) groups is 7. The molecule has 4 heterocycles. The minimum atomic E-state index is -0.759. The lowest BCUT2D eigenvalue weighted by molar-refractivity contribution is -0.122. The lowest BCUT2D eigenvalue weighted by Crippen LogP contribution is -2.36.